The van der Waals surface area contributed by atoms with Crippen LogP contribution in [0.5, 0.6) is 5.75 Å². The van der Waals surface area contributed by atoms with Crippen LogP contribution in [-0.4, -0.2) is 36.9 Å². The van der Waals surface area contributed by atoms with Crippen LogP contribution in [0, 0.1) is 0 Å². The number of rotatable bonds is 6. The van der Waals surface area contributed by atoms with E-state index in [4.69, 9.17) is 16.3 Å². The number of benzene rings is 3. The van der Waals surface area contributed by atoms with E-state index in [9.17, 15) is 9.59 Å². The largest absolute Gasteiger partial charge is 0.493 e. The fourth-order valence-electron chi connectivity index (χ4n) is 2.89. The minimum Gasteiger partial charge on any atom is -0.493 e. The molecule has 0 aliphatic heterocycles. The van der Waals surface area contributed by atoms with Gasteiger partial charge in [-0.05, 0) is 54.1 Å². The highest BCUT2D eigenvalue weighted by Gasteiger charge is 2.20. The van der Waals surface area contributed by atoms with Crippen molar-refractivity contribution in [1.29, 1.82) is 0 Å². The van der Waals surface area contributed by atoms with Gasteiger partial charge in [0, 0.05) is 17.8 Å². The third-order valence-corrected chi connectivity index (χ3v) is 4.49. The Bertz CT molecular complexity index is 1000. The molecule has 5 nitrogen and oxygen atoms in total. The van der Waals surface area contributed by atoms with E-state index < -0.39 is 0 Å². The molecule has 3 aromatic rings. The molecule has 0 atom stereocenters. The van der Waals surface area contributed by atoms with E-state index in [-0.39, 0.29) is 18.4 Å². The number of carbonyl (C=O) groups excluding carboxylic acids is 2. The summed E-state index contributed by atoms with van der Waals surface area (Å²) in [4.78, 5) is 26.6. The summed E-state index contributed by atoms with van der Waals surface area (Å²) < 4.78 is 5.67. The third kappa shape index (κ3) is 4.61. The first kappa shape index (κ1) is 19.7. The van der Waals surface area contributed by atoms with Crippen LogP contribution >= 0.6 is 11.6 Å². The zero-order valence-electron chi connectivity index (χ0n) is 15.7. The van der Waals surface area contributed by atoms with Crippen molar-refractivity contribution in [2.75, 3.05) is 25.5 Å². The molecule has 3 rings (SSSR count). The van der Waals surface area contributed by atoms with Gasteiger partial charge in [-0.15, -0.1) is 0 Å². The Labute approximate surface area is 168 Å². The lowest BCUT2D eigenvalue weighted by Gasteiger charge is -2.19. The van der Waals surface area contributed by atoms with E-state index in [1.807, 2.05) is 37.3 Å². The number of nitrogens with zero attached hydrogens (tertiary/aromatic N) is 1. The van der Waals surface area contributed by atoms with Gasteiger partial charge < -0.3 is 15.0 Å². The topological polar surface area (TPSA) is 58.6 Å². The first-order valence-corrected chi connectivity index (χ1v) is 9.32. The lowest BCUT2D eigenvalue weighted by molar-refractivity contribution is -0.116. The zero-order chi connectivity index (χ0) is 20.1. The fourth-order valence-corrected chi connectivity index (χ4v) is 3.01. The van der Waals surface area contributed by atoms with Crippen molar-refractivity contribution in [2.45, 2.75) is 6.92 Å². The molecule has 0 fully saturated rings. The Morgan fingerprint density at radius 2 is 1.68 bits per heavy atom. The van der Waals surface area contributed by atoms with Gasteiger partial charge in [-0.3, -0.25) is 9.59 Å². The molecule has 2 amide bonds. The van der Waals surface area contributed by atoms with Crippen molar-refractivity contribution in [3.05, 3.63) is 71.2 Å². The molecule has 0 aliphatic rings. The number of likely N-dealkylation sites (N-methyl/N-ethyl adjacent to an activating group) is 1. The van der Waals surface area contributed by atoms with Gasteiger partial charge in [0.1, 0.15) is 5.75 Å². The van der Waals surface area contributed by atoms with Gasteiger partial charge in [0.05, 0.1) is 18.7 Å². The Morgan fingerprint density at radius 3 is 2.32 bits per heavy atom. The molecule has 28 heavy (non-hydrogen) atoms. The highest BCUT2D eigenvalue weighted by atomic mass is 35.5. The maximum atomic E-state index is 13.0. The van der Waals surface area contributed by atoms with Crippen molar-refractivity contribution in [2.24, 2.45) is 0 Å². The average molecular weight is 397 g/mol. The summed E-state index contributed by atoms with van der Waals surface area (Å²) in [7, 11) is 1.59. The van der Waals surface area contributed by atoms with Gasteiger partial charge in [0.25, 0.3) is 5.91 Å². The van der Waals surface area contributed by atoms with Crippen molar-refractivity contribution in [3.8, 4) is 5.75 Å². The highest BCUT2D eigenvalue weighted by molar-refractivity contribution is 6.30. The van der Waals surface area contributed by atoms with Crippen molar-refractivity contribution < 1.29 is 14.3 Å². The fraction of sp³-hybridized carbons (Fsp3) is 0.182. The molecule has 0 saturated heterocycles. The van der Waals surface area contributed by atoms with Crippen molar-refractivity contribution in [1.82, 2.24) is 4.90 Å². The summed E-state index contributed by atoms with van der Waals surface area (Å²) >= 11 is 5.85. The average Bonchev–Trinajstić information content (AvgIpc) is 2.69. The number of anilines is 1. The quantitative estimate of drug-likeness (QED) is 0.662. The standard InChI is InChI=1S/C22H21ClN2O3/c1-3-28-20-13-16-7-5-4-6-15(16)12-19(20)22(27)25(2)14-21(26)24-18-10-8-17(23)9-11-18/h4-13H,3,14H2,1-2H3,(H,24,26). The van der Waals surface area contributed by atoms with E-state index >= 15 is 0 Å². The van der Waals surface area contributed by atoms with Gasteiger partial charge in [0.2, 0.25) is 5.91 Å². The lowest BCUT2D eigenvalue weighted by Crippen LogP contribution is -2.35. The first-order valence-electron chi connectivity index (χ1n) is 8.94. The number of hydrogen-bond donors (Lipinski definition) is 1. The van der Waals surface area contributed by atoms with E-state index in [0.717, 1.165) is 10.8 Å². The van der Waals surface area contributed by atoms with Crippen LogP contribution in [-0.2, 0) is 4.79 Å². The lowest BCUT2D eigenvalue weighted by atomic mass is 10.0. The summed E-state index contributed by atoms with van der Waals surface area (Å²) in [6, 6.07) is 18.2. The molecule has 144 valence electrons. The Kier molecular flexibility index (Phi) is 6.16. The van der Waals surface area contributed by atoms with E-state index in [0.29, 0.717) is 28.6 Å². The molecule has 0 spiro atoms. The molecule has 0 unspecified atom stereocenters. The molecule has 0 bridgehead atoms. The molecule has 0 radical (unpaired) electrons. The second-order valence-corrected chi connectivity index (χ2v) is 6.78. The maximum absolute atomic E-state index is 13.0. The van der Waals surface area contributed by atoms with E-state index in [1.165, 1.54) is 4.90 Å². The molecule has 0 saturated carbocycles. The SMILES string of the molecule is CCOc1cc2ccccc2cc1C(=O)N(C)CC(=O)Nc1ccc(Cl)cc1. The highest BCUT2D eigenvalue weighted by Crippen LogP contribution is 2.27. The summed E-state index contributed by atoms with van der Waals surface area (Å²) in [5, 5.41) is 5.27. The second-order valence-electron chi connectivity index (χ2n) is 6.34. The minimum absolute atomic E-state index is 0.0835. The van der Waals surface area contributed by atoms with Gasteiger partial charge in [-0.25, -0.2) is 0 Å². The monoisotopic (exact) mass is 396 g/mol. The second kappa shape index (κ2) is 8.76. The van der Waals surface area contributed by atoms with Gasteiger partial charge in [-0.1, -0.05) is 35.9 Å². The number of hydrogen-bond acceptors (Lipinski definition) is 3. The summed E-state index contributed by atoms with van der Waals surface area (Å²) in [5.41, 5.74) is 1.05. The van der Waals surface area contributed by atoms with Crippen LogP contribution in [0.2, 0.25) is 5.02 Å². The smallest absolute Gasteiger partial charge is 0.257 e. The zero-order valence-corrected chi connectivity index (χ0v) is 16.5. The number of carbonyl (C=O) groups is 2. The Balaban J connectivity index is 1.77. The number of nitrogens with one attached hydrogen (secondary N) is 1. The third-order valence-electron chi connectivity index (χ3n) is 4.23. The Morgan fingerprint density at radius 1 is 1.04 bits per heavy atom. The molecule has 3 aromatic carbocycles. The van der Waals surface area contributed by atoms with Gasteiger partial charge >= 0.3 is 0 Å². The number of fused-ring (bicyclic) bond motifs is 1. The molecular formula is C22H21ClN2O3. The summed E-state index contributed by atoms with van der Waals surface area (Å²) in [6.45, 7) is 2.23. The van der Waals surface area contributed by atoms with Crippen LogP contribution in [0.3, 0.4) is 0 Å². The van der Waals surface area contributed by atoms with Gasteiger partial charge in [-0.2, -0.15) is 0 Å². The predicted molar refractivity (Wildman–Crippen MR) is 112 cm³/mol. The van der Waals surface area contributed by atoms with Crippen LogP contribution in [0.4, 0.5) is 5.69 Å². The minimum atomic E-state index is -0.295. The van der Waals surface area contributed by atoms with E-state index in [2.05, 4.69) is 5.32 Å². The molecular weight excluding hydrogens is 376 g/mol. The molecule has 0 aliphatic carbocycles. The molecule has 0 heterocycles. The van der Waals surface area contributed by atoms with Gasteiger partial charge in [0.15, 0.2) is 0 Å². The van der Waals surface area contributed by atoms with Crippen molar-refractivity contribution >= 4 is 39.9 Å². The van der Waals surface area contributed by atoms with Crippen molar-refractivity contribution in [3.63, 3.8) is 0 Å². The number of halogens is 1. The summed E-state index contributed by atoms with van der Waals surface area (Å²) in [6.07, 6.45) is 0. The van der Waals surface area contributed by atoms with Crippen LogP contribution < -0.4 is 10.1 Å². The first-order chi connectivity index (χ1) is 13.5. The molecule has 6 heteroatoms. The van der Waals surface area contributed by atoms with E-state index in [1.54, 1.807) is 37.4 Å². The van der Waals surface area contributed by atoms with Crippen LogP contribution in [0.15, 0.2) is 60.7 Å². The number of ether oxygens (including phenoxy) is 1. The maximum Gasteiger partial charge on any atom is 0.257 e. The predicted octanol–water partition coefficient (Wildman–Crippen LogP) is 4.60. The number of amides is 2. The summed E-state index contributed by atoms with van der Waals surface area (Å²) in [5.74, 6) is -0.0615. The van der Waals surface area contributed by atoms with Crippen LogP contribution in [0.1, 0.15) is 17.3 Å². The van der Waals surface area contributed by atoms with Crippen LogP contribution in [0.25, 0.3) is 10.8 Å². The normalized spacial score (nSPS) is 10.5. The molecule has 0 aromatic heterocycles. The molecule has 1 N–H and O–H groups in total. The Hall–Kier alpha value is -3.05.